The number of ether oxygens (including phenoxy) is 1. The van der Waals surface area contributed by atoms with E-state index >= 15 is 0 Å². The first-order valence-corrected chi connectivity index (χ1v) is 7.58. The number of benzene rings is 1. The minimum absolute atomic E-state index is 0.0685. The molecule has 0 spiro atoms. The number of anilines is 1. The number of methoxy groups -OCH3 is 1. The predicted octanol–water partition coefficient (Wildman–Crippen LogP) is 1.44. The van der Waals surface area contributed by atoms with Crippen molar-refractivity contribution in [2.45, 2.75) is 13.3 Å². The van der Waals surface area contributed by atoms with Crippen LogP contribution in [-0.4, -0.2) is 34.4 Å². The van der Waals surface area contributed by atoms with Crippen LogP contribution in [0.15, 0.2) is 24.3 Å². The maximum absolute atomic E-state index is 11.7. The van der Waals surface area contributed by atoms with Crippen molar-refractivity contribution < 1.29 is 13.2 Å². The van der Waals surface area contributed by atoms with E-state index in [9.17, 15) is 8.42 Å². The van der Waals surface area contributed by atoms with Gasteiger partial charge >= 0.3 is 0 Å². The molecule has 18 heavy (non-hydrogen) atoms. The largest absolute Gasteiger partial charge is 0.497 e. The van der Waals surface area contributed by atoms with E-state index in [4.69, 9.17) is 4.74 Å². The van der Waals surface area contributed by atoms with Crippen LogP contribution in [0.1, 0.15) is 13.3 Å². The molecule has 1 rings (SSSR count). The van der Waals surface area contributed by atoms with Crippen molar-refractivity contribution >= 4 is 15.7 Å². The van der Waals surface area contributed by atoms with Crippen LogP contribution < -0.4 is 14.8 Å². The summed E-state index contributed by atoms with van der Waals surface area (Å²) in [6.45, 7) is 3.33. The van der Waals surface area contributed by atoms with Gasteiger partial charge in [-0.3, -0.25) is 4.72 Å². The molecule has 0 amide bonds. The quantitative estimate of drug-likeness (QED) is 0.703. The van der Waals surface area contributed by atoms with Crippen LogP contribution in [0.5, 0.6) is 5.75 Å². The molecule has 1 aromatic carbocycles. The van der Waals surface area contributed by atoms with Crippen molar-refractivity contribution in [3.63, 3.8) is 0 Å². The summed E-state index contributed by atoms with van der Waals surface area (Å²) in [5, 5.41) is 3.06. The topological polar surface area (TPSA) is 67.4 Å². The zero-order valence-corrected chi connectivity index (χ0v) is 11.6. The van der Waals surface area contributed by atoms with Crippen LogP contribution in [0.2, 0.25) is 0 Å². The van der Waals surface area contributed by atoms with Gasteiger partial charge in [-0.15, -0.1) is 0 Å². The van der Waals surface area contributed by atoms with Crippen molar-refractivity contribution in [1.82, 2.24) is 5.32 Å². The maximum Gasteiger partial charge on any atom is 0.233 e. The van der Waals surface area contributed by atoms with Gasteiger partial charge in [0, 0.05) is 12.2 Å². The lowest BCUT2D eigenvalue weighted by Gasteiger charge is -2.09. The lowest BCUT2D eigenvalue weighted by atomic mass is 10.3. The summed E-state index contributed by atoms with van der Waals surface area (Å²) in [5.74, 6) is 0.765. The van der Waals surface area contributed by atoms with Gasteiger partial charge in [0.15, 0.2) is 0 Å². The van der Waals surface area contributed by atoms with E-state index < -0.39 is 10.0 Å². The Labute approximate surface area is 109 Å². The fourth-order valence-corrected chi connectivity index (χ4v) is 2.41. The molecule has 0 atom stereocenters. The Hall–Kier alpha value is -1.27. The summed E-state index contributed by atoms with van der Waals surface area (Å²) >= 11 is 0. The second kappa shape index (κ2) is 7.23. The summed E-state index contributed by atoms with van der Waals surface area (Å²) in [6.07, 6.45) is 0.992. The summed E-state index contributed by atoms with van der Waals surface area (Å²) in [4.78, 5) is 0. The van der Waals surface area contributed by atoms with Crippen LogP contribution in [0.25, 0.3) is 0 Å². The minimum Gasteiger partial charge on any atom is -0.497 e. The van der Waals surface area contributed by atoms with Gasteiger partial charge in [0.1, 0.15) is 5.75 Å². The van der Waals surface area contributed by atoms with Crippen molar-refractivity contribution in [2.24, 2.45) is 0 Å². The Kier molecular flexibility index (Phi) is 5.94. The average Bonchev–Trinajstić information content (AvgIpc) is 2.35. The molecule has 6 heteroatoms. The fourth-order valence-electron chi connectivity index (χ4n) is 1.40. The summed E-state index contributed by atoms with van der Waals surface area (Å²) in [6, 6.07) is 6.78. The minimum atomic E-state index is -3.29. The first-order valence-electron chi connectivity index (χ1n) is 5.92. The van der Waals surface area contributed by atoms with Crippen molar-refractivity contribution in [3.05, 3.63) is 24.3 Å². The smallest absolute Gasteiger partial charge is 0.233 e. The van der Waals surface area contributed by atoms with Crippen LogP contribution in [0.4, 0.5) is 5.69 Å². The second-order valence-electron chi connectivity index (χ2n) is 3.90. The summed E-state index contributed by atoms with van der Waals surface area (Å²) in [5.41, 5.74) is 0.547. The molecule has 0 aromatic heterocycles. The summed E-state index contributed by atoms with van der Waals surface area (Å²) < 4.78 is 31.0. The van der Waals surface area contributed by atoms with E-state index in [2.05, 4.69) is 10.0 Å². The Bertz CT molecular complexity index is 443. The molecule has 1 aromatic rings. The number of rotatable bonds is 8. The first kappa shape index (κ1) is 14.8. The highest BCUT2D eigenvalue weighted by atomic mass is 32.2. The van der Waals surface area contributed by atoms with Gasteiger partial charge in [0.05, 0.1) is 12.9 Å². The molecule has 0 saturated carbocycles. The van der Waals surface area contributed by atoms with Gasteiger partial charge in [0.2, 0.25) is 10.0 Å². The van der Waals surface area contributed by atoms with Gasteiger partial charge in [-0.05, 0) is 37.2 Å². The van der Waals surface area contributed by atoms with E-state index in [-0.39, 0.29) is 5.75 Å². The highest BCUT2D eigenvalue weighted by Gasteiger charge is 2.09. The highest BCUT2D eigenvalue weighted by molar-refractivity contribution is 7.92. The van der Waals surface area contributed by atoms with Crippen LogP contribution >= 0.6 is 0 Å². The fraction of sp³-hybridized carbons (Fsp3) is 0.500. The van der Waals surface area contributed by atoms with Gasteiger partial charge in [-0.2, -0.15) is 0 Å². The molecule has 0 unspecified atom stereocenters. The molecule has 2 N–H and O–H groups in total. The zero-order chi connectivity index (χ0) is 13.4. The molecule has 0 saturated heterocycles. The first-order chi connectivity index (χ1) is 8.57. The van der Waals surface area contributed by atoms with E-state index in [0.717, 1.165) is 13.0 Å². The number of sulfonamides is 1. The van der Waals surface area contributed by atoms with Crippen molar-refractivity contribution in [2.75, 3.05) is 30.7 Å². The Morgan fingerprint density at radius 2 is 1.83 bits per heavy atom. The Morgan fingerprint density at radius 3 is 2.39 bits per heavy atom. The van der Waals surface area contributed by atoms with Gasteiger partial charge in [-0.1, -0.05) is 6.92 Å². The second-order valence-corrected chi connectivity index (χ2v) is 5.74. The molecule has 0 aliphatic heterocycles. The van der Waals surface area contributed by atoms with E-state index in [1.54, 1.807) is 31.4 Å². The van der Waals surface area contributed by atoms with Crippen LogP contribution in [0, 0.1) is 0 Å². The maximum atomic E-state index is 11.7. The van der Waals surface area contributed by atoms with Crippen LogP contribution in [0.3, 0.4) is 0 Å². The molecule has 0 fully saturated rings. The molecule has 0 heterocycles. The van der Waals surface area contributed by atoms with E-state index in [0.29, 0.717) is 18.0 Å². The molecule has 0 aliphatic rings. The summed E-state index contributed by atoms with van der Waals surface area (Å²) in [7, 11) is -1.72. The lowest BCUT2D eigenvalue weighted by Crippen LogP contribution is -2.27. The monoisotopic (exact) mass is 272 g/mol. The van der Waals surface area contributed by atoms with Crippen molar-refractivity contribution in [3.8, 4) is 5.75 Å². The third-order valence-electron chi connectivity index (χ3n) is 2.34. The van der Waals surface area contributed by atoms with E-state index in [1.807, 2.05) is 6.92 Å². The molecule has 0 radical (unpaired) electrons. The Morgan fingerprint density at radius 1 is 1.17 bits per heavy atom. The van der Waals surface area contributed by atoms with Crippen molar-refractivity contribution in [1.29, 1.82) is 0 Å². The molecule has 5 nitrogen and oxygen atoms in total. The predicted molar refractivity (Wildman–Crippen MR) is 73.6 cm³/mol. The van der Waals surface area contributed by atoms with Gasteiger partial charge in [0.25, 0.3) is 0 Å². The normalized spacial score (nSPS) is 11.2. The average molecular weight is 272 g/mol. The van der Waals surface area contributed by atoms with Gasteiger partial charge < -0.3 is 10.1 Å². The molecule has 0 bridgehead atoms. The third kappa shape index (κ3) is 5.37. The number of hydrogen-bond donors (Lipinski definition) is 2. The zero-order valence-electron chi connectivity index (χ0n) is 10.8. The number of hydrogen-bond acceptors (Lipinski definition) is 4. The Balaban J connectivity index is 2.48. The van der Waals surface area contributed by atoms with Crippen LogP contribution in [-0.2, 0) is 10.0 Å². The highest BCUT2D eigenvalue weighted by Crippen LogP contribution is 2.15. The lowest BCUT2D eigenvalue weighted by molar-refractivity contribution is 0.415. The number of nitrogens with one attached hydrogen (secondary N) is 2. The third-order valence-corrected chi connectivity index (χ3v) is 3.63. The van der Waals surface area contributed by atoms with E-state index in [1.165, 1.54) is 0 Å². The molecule has 102 valence electrons. The standard InChI is InChI=1S/C12H20N2O3S/c1-3-8-13-9-10-18(15,16)14-11-4-6-12(17-2)7-5-11/h4-7,13-14H,3,8-10H2,1-2H3. The molecular weight excluding hydrogens is 252 g/mol. The SMILES string of the molecule is CCCNCCS(=O)(=O)Nc1ccc(OC)cc1. The molecule has 0 aliphatic carbocycles. The molecular formula is C12H20N2O3S. The van der Waals surface area contributed by atoms with Gasteiger partial charge in [-0.25, -0.2) is 8.42 Å².